The molecule has 0 aliphatic rings. The quantitative estimate of drug-likeness (QED) is 0.834. The molecule has 1 unspecified atom stereocenters. The van der Waals surface area contributed by atoms with E-state index in [4.69, 9.17) is 11.6 Å². The van der Waals surface area contributed by atoms with Gasteiger partial charge >= 0.3 is 0 Å². The maximum atomic E-state index is 12.9. The summed E-state index contributed by atoms with van der Waals surface area (Å²) in [6, 6.07) is 14.7. The van der Waals surface area contributed by atoms with E-state index in [1.807, 2.05) is 36.4 Å². The van der Waals surface area contributed by atoms with Crippen molar-refractivity contribution in [3.8, 4) is 0 Å². The summed E-state index contributed by atoms with van der Waals surface area (Å²) in [6.45, 7) is 2.86. The van der Waals surface area contributed by atoms with Crippen LogP contribution in [0.15, 0.2) is 48.5 Å². The van der Waals surface area contributed by atoms with E-state index < -0.39 is 0 Å². The largest absolute Gasteiger partial charge is 0.306 e. The van der Waals surface area contributed by atoms with E-state index in [-0.39, 0.29) is 11.9 Å². The van der Waals surface area contributed by atoms with Crippen molar-refractivity contribution in [2.45, 2.75) is 25.9 Å². The molecular formula is C16H17ClFN. The predicted molar refractivity (Wildman–Crippen MR) is 77.7 cm³/mol. The molecule has 0 saturated carbocycles. The van der Waals surface area contributed by atoms with Gasteiger partial charge in [-0.25, -0.2) is 4.39 Å². The maximum Gasteiger partial charge on any atom is 0.123 e. The summed E-state index contributed by atoms with van der Waals surface area (Å²) in [7, 11) is 0. The van der Waals surface area contributed by atoms with Gasteiger partial charge in [0, 0.05) is 17.6 Å². The van der Waals surface area contributed by atoms with E-state index in [1.54, 1.807) is 0 Å². The summed E-state index contributed by atoms with van der Waals surface area (Å²) in [6.07, 6.45) is 0.951. The van der Waals surface area contributed by atoms with Crippen molar-refractivity contribution in [3.05, 3.63) is 70.5 Å². The lowest BCUT2D eigenvalue weighted by Crippen LogP contribution is -2.20. The molecule has 0 saturated heterocycles. The van der Waals surface area contributed by atoms with Gasteiger partial charge in [-0.05, 0) is 41.8 Å². The first kappa shape index (κ1) is 14.0. The Morgan fingerprint density at radius 3 is 2.53 bits per heavy atom. The van der Waals surface area contributed by atoms with Crippen LogP contribution in [0.4, 0.5) is 4.39 Å². The number of benzene rings is 2. The Bertz CT molecular complexity index is 525. The molecular weight excluding hydrogens is 261 g/mol. The Labute approximate surface area is 118 Å². The number of halogens is 2. The number of hydrogen-bond acceptors (Lipinski definition) is 1. The third kappa shape index (κ3) is 4.05. The van der Waals surface area contributed by atoms with Crippen LogP contribution in [0.25, 0.3) is 0 Å². The second-order valence-electron chi connectivity index (χ2n) is 4.52. The van der Waals surface area contributed by atoms with Crippen molar-refractivity contribution in [2.24, 2.45) is 0 Å². The topological polar surface area (TPSA) is 12.0 Å². The first-order valence-corrected chi connectivity index (χ1v) is 6.80. The number of hydrogen-bond donors (Lipinski definition) is 1. The summed E-state index contributed by atoms with van der Waals surface area (Å²) < 4.78 is 12.9. The maximum absolute atomic E-state index is 12.9. The van der Waals surface area contributed by atoms with Gasteiger partial charge in [-0.1, -0.05) is 42.8 Å². The summed E-state index contributed by atoms with van der Waals surface area (Å²) in [5.74, 6) is -0.201. The fraction of sp³-hybridized carbons (Fsp3) is 0.250. The molecule has 0 radical (unpaired) electrons. The Morgan fingerprint density at radius 1 is 1.16 bits per heavy atom. The van der Waals surface area contributed by atoms with E-state index in [2.05, 4.69) is 12.2 Å². The minimum absolute atomic E-state index is 0.201. The van der Waals surface area contributed by atoms with Crippen molar-refractivity contribution < 1.29 is 4.39 Å². The normalized spacial score (nSPS) is 12.4. The molecule has 3 heteroatoms. The third-order valence-corrected chi connectivity index (χ3v) is 3.36. The van der Waals surface area contributed by atoms with Crippen molar-refractivity contribution in [1.29, 1.82) is 0 Å². The molecule has 0 aliphatic heterocycles. The van der Waals surface area contributed by atoms with Crippen LogP contribution in [-0.4, -0.2) is 0 Å². The fourth-order valence-electron chi connectivity index (χ4n) is 2.08. The van der Waals surface area contributed by atoms with Crippen molar-refractivity contribution in [2.75, 3.05) is 0 Å². The van der Waals surface area contributed by atoms with Gasteiger partial charge in [0.25, 0.3) is 0 Å². The molecule has 0 heterocycles. The molecule has 0 bridgehead atoms. The highest BCUT2D eigenvalue weighted by Gasteiger charge is 2.08. The fourth-order valence-corrected chi connectivity index (χ4v) is 2.29. The van der Waals surface area contributed by atoms with E-state index in [0.717, 1.165) is 29.1 Å². The summed E-state index contributed by atoms with van der Waals surface area (Å²) >= 11 is 5.96. The van der Waals surface area contributed by atoms with Gasteiger partial charge in [-0.2, -0.15) is 0 Å². The lowest BCUT2D eigenvalue weighted by atomic mass is 10.0. The highest BCUT2D eigenvalue weighted by atomic mass is 35.5. The molecule has 0 aliphatic carbocycles. The Kier molecular flexibility index (Phi) is 4.94. The smallest absolute Gasteiger partial charge is 0.123 e. The Morgan fingerprint density at radius 2 is 1.89 bits per heavy atom. The molecule has 0 fully saturated rings. The second kappa shape index (κ2) is 6.69. The van der Waals surface area contributed by atoms with Crippen molar-refractivity contribution >= 4 is 11.6 Å². The molecule has 1 nitrogen and oxygen atoms in total. The van der Waals surface area contributed by atoms with Crippen LogP contribution in [0.3, 0.4) is 0 Å². The highest BCUT2D eigenvalue weighted by molar-refractivity contribution is 6.30. The van der Waals surface area contributed by atoms with E-state index >= 15 is 0 Å². The van der Waals surface area contributed by atoms with Crippen LogP contribution in [0, 0.1) is 5.82 Å². The zero-order valence-electron chi connectivity index (χ0n) is 10.9. The molecule has 2 aromatic rings. The van der Waals surface area contributed by atoms with Crippen LogP contribution in [0.2, 0.25) is 5.02 Å². The van der Waals surface area contributed by atoms with Gasteiger partial charge < -0.3 is 5.32 Å². The van der Waals surface area contributed by atoms with Gasteiger partial charge in [-0.3, -0.25) is 0 Å². The van der Waals surface area contributed by atoms with Crippen LogP contribution >= 0.6 is 11.6 Å². The molecule has 100 valence electrons. The minimum Gasteiger partial charge on any atom is -0.306 e. The zero-order valence-corrected chi connectivity index (χ0v) is 11.6. The molecule has 0 amide bonds. The SMILES string of the molecule is CCC(NCc1cccc(Cl)c1)c1ccc(F)cc1. The molecule has 19 heavy (non-hydrogen) atoms. The second-order valence-corrected chi connectivity index (χ2v) is 4.96. The van der Waals surface area contributed by atoms with Gasteiger partial charge in [0.2, 0.25) is 0 Å². The molecule has 0 spiro atoms. The highest BCUT2D eigenvalue weighted by Crippen LogP contribution is 2.18. The molecule has 0 aromatic heterocycles. The van der Waals surface area contributed by atoms with Crippen molar-refractivity contribution in [1.82, 2.24) is 5.32 Å². The van der Waals surface area contributed by atoms with Gasteiger partial charge in [0.05, 0.1) is 0 Å². The predicted octanol–water partition coefficient (Wildman–Crippen LogP) is 4.72. The van der Waals surface area contributed by atoms with Gasteiger partial charge in [-0.15, -0.1) is 0 Å². The van der Waals surface area contributed by atoms with Gasteiger partial charge in [0.1, 0.15) is 5.82 Å². The zero-order chi connectivity index (χ0) is 13.7. The van der Waals surface area contributed by atoms with E-state index in [9.17, 15) is 4.39 Å². The molecule has 2 aromatic carbocycles. The van der Waals surface area contributed by atoms with E-state index in [1.165, 1.54) is 12.1 Å². The van der Waals surface area contributed by atoms with Gasteiger partial charge in [0.15, 0.2) is 0 Å². The lowest BCUT2D eigenvalue weighted by Gasteiger charge is -2.17. The monoisotopic (exact) mass is 277 g/mol. The summed E-state index contributed by atoms with van der Waals surface area (Å²) in [5.41, 5.74) is 2.25. The Balaban J connectivity index is 2.01. The minimum atomic E-state index is -0.201. The van der Waals surface area contributed by atoms with Crippen LogP contribution in [0.1, 0.15) is 30.5 Å². The first-order valence-electron chi connectivity index (χ1n) is 6.42. The summed E-state index contributed by atoms with van der Waals surface area (Å²) in [4.78, 5) is 0. The average Bonchev–Trinajstić information content (AvgIpc) is 2.41. The number of rotatable bonds is 5. The standard InChI is InChI=1S/C16H17ClFN/c1-2-16(13-6-8-15(18)9-7-13)19-11-12-4-3-5-14(17)10-12/h3-10,16,19H,2,11H2,1H3. The molecule has 1 N–H and O–H groups in total. The first-order chi connectivity index (χ1) is 9.19. The Hall–Kier alpha value is -1.38. The van der Waals surface area contributed by atoms with E-state index in [0.29, 0.717) is 0 Å². The summed E-state index contributed by atoms with van der Waals surface area (Å²) in [5, 5.41) is 4.21. The molecule has 1 atom stereocenters. The van der Waals surface area contributed by atoms with Crippen LogP contribution < -0.4 is 5.32 Å². The van der Waals surface area contributed by atoms with Crippen molar-refractivity contribution in [3.63, 3.8) is 0 Å². The third-order valence-electron chi connectivity index (χ3n) is 3.12. The lowest BCUT2D eigenvalue weighted by molar-refractivity contribution is 0.517. The number of nitrogens with one attached hydrogen (secondary N) is 1. The molecule has 2 rings (SSSR count). The van der Waals surface area contributed by atoms with Crippen LogP contribution in [0.5, 0.6) is 0 Å². The average molecular weight is 278 g/mol. The van der Waals surface area contributed by atoms with Crippen LogP contribution in [-0.2, 0) is 6.54 Å².